The van der Waals surface area contributed by atoms with Gasteiger partial charge in [0.15, 0.2) is 6.10 Å². The Morgan fingerprint density at radius 1 is 1.43 bits per heavy atom. The van der Waals surface area contributed by atoms with Gasteiger partial charge in [0.1, 0.15) is 0 Å². The molecule has 1 unspecified atom stereocenters. The van der Waals surface area contributed by atoms with Gasteiger partial charge in [0.25, 0.3) is 0 Å². The van der Waals surface area contributed by atoms with E-state index in [-0.39, 0.29) is 15.6 Å². The van der Waals surface area contributed by atoms with Gasteiger partial charge in [0, 0.05) is 4.47 Å². The molecule has 1 aromatic carbocycles. The summed E-state index contributed by atoms with van der Waals surface area (Å²) in [4.78, 5) is 10.5. The predicted octanol–water partition coefficient (Wildman–Crippen LogP) is 2.87. The van der Waals surface area contributed by atoms with Gasteiger partial charge in [-0.15, -0.1) is 0 Å². The molecular weight excluding hydrogens is 295 g/mol. The van der Waals surface area contributed by atoms with Crippen LogP contribution in [0.5, 0.6) is 0 Å². The van der Waals surface area contributed by atoms with E-state index >= 15 is 0 Å². The molecule has 1 aromatic rings. The highest BCUT2D eigenvalue weighted by Gasteiger charge is 2.18. The molecule has 14 heavy (non-hydrogen) atoms. The van der Waals surface area contributed by atoms with Crippen molar-refractivity contribution in [2.45, 2.75) is 6.10 Å². The van der Waals surface area contributed by atoms with Gasteiger partial charge in [-0.2, -0.15) is 0 Å². The lowest BCUT2D eigenvalue weighted by Gasteiger charge is -2.08. The molecule has 0 radical (unpaired) electrons. The summed E-state index contributed by atoms with van der Waals surface area (Å²) < 4.78 is 0.446. The number of halogens is 3. The molecule has 0 spiro atoms. The number of carboxylic acid groups (broad SMARTS) is 1. The van der Waals surface area contributed by atoms with Crippen molar-refractivity contribution >= 4 is 45.1 Å². The van der Waals surface area contributed by atoms with Gasteiger partial charge in [-0.1, -0.05) is 23.2 Å². The van der Waals surface area contributed by atoms with Crippen LogP contribution in [-0.4, -0.2) is 16.2 Å². The van der Waals surface area contributed by atoms with E-state index in [0.717, 1.165) is 0 Å². The van der Waals surface area contributed by atoms with Crippen LogP contribution in [-0.2, 0) is 4.79 Å². The number of hydrogen-bond acceptors (Lipinski definition) is 2. The fourth-order valence-corrected chi connectivity index (χ4v) is 1.80. The van der Waals surface area contributed by atoms with Crippen molar-refractivity contribution in [1.82, 2.24) is 0 Å². The molecule has 0 heterocycles. The Morgan fingerprint density at radius 2 is 2.00 bits per heavy atom. The maximum Gasteiger partial charge on any atom is 0.337 e. The van der Waals surface area contributed by atoms with E-state index < -0.39 is 12.1 Å². The van der Waals surface area contributed by atoms with Crippen LogP contribution in [0.15, 0.2) is 16.6 Å². The summed E-state index contributed by atoms with van der Waals surface area (Å²) in [6.07, 6.45) is -1.60. The molecule has 0 aromatic heterocycles. The minimum atomic E-state index is -1.60. The van der Waals surface area contributed by atoms with Gasteiger partial charge in [0.2, 0.25) is 0 Å². The zero-order valence-corrected chi connectivity index (χ0v) is 9.77. The molecular formula is C8H5BrCl2O3. The summed E-state index contributed by atoms with van der Waals surface area (Å²) >= 11 is 14.5. The third-order valence-electron chi connectivity index (χ3n) is 1.56. The minimum Gasteiger partial charge on any atom is -0.479 e. The van der Waals surface area contributed by atoms with E-state index in [1.54, 1.807) is 0 Å². The van der Waals surface area contributed by atoms with E-state index in [4.69, 9.17) is 28.3 Å². The highest BCUT2D eigenvalue weighted by molar-refractivity contribution is 9.10. The molecule has 0 aliphatic carbocycles. The largest absolute Gasteiger partial charge is 0.479 e. The lowest BCUT2D eigenvalue weighted by molar-refractivity contribution is -0.146. The van der Waals surface area contributed by atoms with Crippen molar-refractivity contribution in [3.05, 3.63) is 32.2 Å². The van der Waals surface area contributed by atoms with Crippen molar-refractivity contribution in [2.75, 3.05) is 0 Å². The standard InChI is InChI=1S/C8H5BrCl2O3/c9-4-1-3(7(12)8(13)14)2-5(10)6(4)11/h1-2,7,12H,(H,13,14). The Balaban J connectivity index is 3.19. The average molecular weight is 300 g/mol. The highest BCUT2D eigenvalue weighted by atomic mass is 79.9. The van der Waals surface area contributed by atoms with Gasteiger partial charge >= 0.3 is 5.97 Å². The fourth-order valence-electron chi connectivity index (χ4n) is 0.876. The number of aliphatic hydroxyl groups excluding tert-OH is 1. The Bertz CT molecular complexity index is 358. The lowest BCUT2D eigenvalue weighted by atomic mass is 10.1. The topological polar surface area (TPSA) is 57.5 Å². The molecule has 76 valence electrons. The minimum absolute atomic E-state index is 0.179. The summed E-state index contributed by atoms with van der Waals surface area (Å²) in [6, 6.07) is 2.72. The molecule has 0 aliphatic heterocycles. The average Bonchev–Trinajstić information content (AvgIpc) is 2.12. The van der Waals surface area contributed by atoms with E-state index in [2.05, 4.69) is 15.9 Å². The second-order valence-corrected chi connectivity index (χ2v) is 4.18. The first-order chi connectivity index (χ1) is 6.43. The first kappa shape index (κ1) is 11.8. The van der Waals surface area contributed by atoms with Gasteiger partial charge in [-0.3, -0.25) is 0 Å². The number of benzene rings is 1. The maximum atomic E-state index is 10.5. The van der Waals surface area contributed by atoms with Crippen LogP contribution in [0.1, 0.15) is 11.7 Å². The number of aliphatic carboxylic acids is 1. The monoisotopic (exact) mass is 298 g/mol. The lowest BCUT2D eigenvalue weighted by Crippen LogP contribution is -2.10. The first-order valence-corrected chi connectivity index (χ1v) is 5.03. The second-order valence-electron chi connectivity index (χ2n) is 2.54. The van der Waals surface area contributed by atoms with Gasteiger partial charge in [-0.05, 0) is 33.6 Å². The molecule has 0 amide bonds. The van der Waals surface area contributed by atoms with Gasteiger partial charge in [-0.25, -0.2) is 4.79 Å². The van der Waals surface area contributed by atoms with E-state index in [0.29, 0.717) is 4.47 Å². The summed E-state index contributed by atoms with van der Waals surface area (Å²) in [5.41, 5.74) is 0.179. The normalized spacial score (nSPS) is 12.6. The molecule has 3 nitrogen and oxygen atoms in total. The number of hydrogen-bond donors (Lipinski definition) is 2. The highest BCUT2D eigenvalue weighted by Crippen LogP contribution is 2.33. The molecule has 2 N–H and O–H groups in total. The van der Waals surface area contributed by atoms with Crippen LogP contribution in [0.25, 0.3) is 0 Å². The third kappa shape index (κ3) is 2.39. The van der Waals surface area contributed by atoms with Crippen molar-refractivity contribution in [3.63, 3.8) is 0 Å². The van der Waals surface area contributed by atoms with E-state index in [1.165, 1.54) is 12.1 Å². The van der Waals surface area contributed by atoms with Crippen molar-refractivity contribution in [3.8, 4) is 0 Å². The van der Waals surface area contributed by atoms with Crippen molar-refractivity contribution in [2.24, 2.45) is 0 Å². The molecule has 0 aliphatic rings. The number of aliphatic hydroxyl groups is 1. The molecule has 1 rings (SSSR count). The second kappa shape index (κ2) is 4.49. The van der Waals surface area contributed by atoms with Crippen LogP contribution in [0.3, 0.4) is 0 Å². The Kier molecular flexibility index (Phi) is 3.78. The van der Waals surface area contributed by atoms with Crippen LogP contribution >= 0.6 is 39.1 Å². The number of carbonyl (C=O) groups is 1. The Morgan fingerprint density at radius 3 is 2.43 bits per heavy atom. The molecule has 0 saturated carbocycles. The van der Waals surface area contributed by atoms with Gasteiger partial charge < -0.3 is 10.2 Å². The molecule has 0 fully saturated rings. The summed E-state index contributed by atoms with van der Waals surface area (Å²) in [5, 5.41) is 18.2. The number of rotatable bonds is 2. The van der Waals surface area contributed by atoms with Crippen molar-refractivity contribution in [1.29, 1.82) is 0 Å². The summed E-state index contributed by atoms with van der Waals surface area (Å²) in [7, 11) is 0. The van der Waals surface area contributed by atoms with Crippen molar-refractivity contribution < 1.29 is 15.0 Å². The van der Waals surface area contributed by atoms with Crippen LogP contribution in [0, 0.1) is 0 Å². The fraction of sp³-hybridized carbons (Fsp3) is 0.125. The van der Waals surface area contributed by atoms with Crippen LogP contribution < -0.4 is 0 Å². The third-order valence-corrected chi connectivity index (χ3v) is 3.21. The predicted molar refractivity (Wildman–Crippen MR) is 56.8 cm³/mol. The van der Waals surface area contributed by atoms with E-state index in [1.807, 2.05) is 0 Å². The number of carboxylic acids is 1. The smallest absolute Gasteiger partial charge is 0.337 e. The summed E-state index contributed by atoms with van der Waals surface area (Å²) in [6.45, 7) is 0. The van der Waals surface area contributed by atoms with Crippen LogP contribution in [0.4, 0.5) is 0 Å². The van der Waals surface area contributed by atoms with E-state index in [9.17, 15) is 9.90 Å². The molecule has 0 saturated heterocycles. The first-order valence-electron chi connectivity index (χ1n) is 3.48. The molecule has 1 atom stereocenters. The Hall–Kier alpha value is -0.290. The zero-order chi connectivity index (χ0) is 10.9. The SMILES string of the molecule is O=C(O)C(O)c1cc(Cl)c(Cl)c(Br)c1. The molecule has 6 heteroatoms. The maximum absolute atomic E-state index is 10.5. The summed E-state index contributed by atoms with van der Waals surface area (Å²) in [5.74, 6) is -1.34. The zero-order valence-electron chi connectivity index (χ0n) is 6.67. The van der Waals surface area contributed by atoms with Crippen LogP contribution in [0.2, 0.25) is 10.0 Å². The van der Waals surface area contributed by atoms with Gasteiger partial charge in [0.05, 0.1) is 10.0 Å². The molecule has 0 bridgehead atoms. The Labute approximate surface area is 98.4 Å². The quantitative estimate of drug-likeness (QED) is 0.826.